The minimum absolute atomic E-state index is 0.0857. The number of nitrogens with one attached hydrogen (secondary N) is 2. The van der Waals surface area contributed by atoms with Crippen LogP contribution >= 0.6 is 0 Å². The van der Waals surface area contributed by atoms with Crippen LogP contribution in [0.15, 0.2) is 54.2 Å². The lowest BCUT2D eigenvalue weighted by Crippen LogP contribution is -2.18. The van der Waals surface area contributed by atoms with E-state index in [1.165, 1.54) is 30.5 Å². The molecule has 0 aliphatic carbocycles. The number of non-ortho nitro benzene ring substituents is 1. The van der Waals surface area contributed by atoms with E-state index in [0.29, 0.717) is 43.4 Å². The van der Waals surface area contributed by atoms with E-state index in [2.05, 4.69) is 10.6 Å². The molecular formula is C22H24N4O5. The van der Waals surface area contributed by atoms with Crippen molar-refractivity contribution in [3.8, 4) is 17.6 Å². The number of nitro benzene ring substituents is 1. The predicted molar refractivity (Wildman–Crippen MR) is 116 cm³/mol. The van der Waals surface area contributed by atoms with Crippen LogP contribution in [0.5, 0.6) is 11.5 Å². The van der Waals surface area contributed by atoms with Crippen molar-refractivity contribution >= 4 is 17.3 Å². The van der Waals surface area contributed by atoms with Crippen LogP contribution in [0.3, 0.4) is 0 Å². The normalized spacial score (nSPS) is 10.7. The minimum Gasteiger partial charge on any atom is -0.490 e. The van der Waals surface area contributed by atoms with E-state index in [1.807, 2.05) is 38.1 Å². The van der Waals surface area contributed by atoms with Crippen molar-refractivity contribution in [3.63, 3.8) is 0 Å². The first-order valence-corrected chi connectivity index (χ1v) is 9.76. The first-order valence-electron chi connectivity index (χ1n) is 9.76. The van der Waals surface area contributed by atoms with Crippen LogP contribution in [0.1, 0.15) is 19.4 Å². The van der Waals surface area contributed by atoms with Crippen molar-refractivity contribution in [2.24, 2.45) is 0 Å². The molecule has 1 amide bonds. The molecule has 0 saturated heterocycles. The number of carbonyl (C=O) groups excluding carboxylic acids is 1. The number of hydrogen-bond donors (Lipinski definition) is 2. The number of nitro groups is 1. The molecule has 31 heavy (non-hydrogen) atoms. The zero-order valence-corrected chi connectivity index (χ0v) is 17.4. The molecule has 0 saturated carbocycles. The third kappa shape index (κ3) is 7.04. The zero-order chi connectivity index (χ0) is 22.6. The Hall–Kier alpha value is -4.06. The molecule has 0 atom stereocenters. The largest absolute Gasteiger partial charge is 0.490 e. The maximum absolute atomic E-state index is 12.2. The van der Waals surface area contributed by atoms with Crippen LogP contribution in [0, 0.1) is 21.4 Å². The number of carbonyl (C=O) groups is 1. The number of hydrogen-bond acceptors (Lipinski definition) is 7. The Bertz CT molecular complexity index is 980. The Labute approximate surface area is 180 Å². The van der Waals surface area contributed by atoms with Gasteiger partial charge in [-0.05, 0) is 50.1 Å². The second-order valence-electron chi connectivity index (χ2n) is 6.28. The summed E-state index contributed by atoms with van der Waals surface area (Å²) in [4.78, 5) is 22.4. The van der Waals surface area contributed by atoms with Gasteiger partial charge in [0, 0.05) is 30.6 Å². The van der Waals surface area contributed by atoms with Gasteiger partial charge in [0.15, 0.2) is 11.5 Å². The van der Waals surface area contributed by atoms with Gasteiger partial charge in [0.25, 0.3) is 11.6 Å². The summed E-state index contributed by atoms with van der Waals surface area (Å²) in [5.41, 5.74) is 1.17. The molecule has 0 heterocycles. The molecule has 2 aromatic rings. The highest BCUT2D eigenvalue weighted by molar-refractivity contribution is 6.06. The molecule has 0 bridgehead atoms. The lowest BCUT2D eigenvalue weighted by molar-refractivity contribution is -0.384. The van der Waals surface area contributed by atoms with Gasteiger partial charge in [-0.1, -0.05) is 6.07 Å². The summed E-state index contributed by atoms with van der Waals surface area (Å²) in [7, 11) is 0. The molecule has 0 spiro atoms. The Morgan fingerprint density at radius 3 is 2.42 bits per heavy atom. The maximum atomic E-state index is 12.2. The quantitative estimate of drug-likeness (QED) is 0.186. The molecular weight excluding hydrogens is 400 g/mol. The van der Waals surface area contributed by atoms with Crippen LogP contribution in [-0.4, -0.2) is 30.6 Å². The molecule has 2 aromatic carbocycles. The Morgan fingerprint density at radius 2 is 1.81 bits per heavy atom. The van der Waals surface area contributed by atoms with Gasteiger partial charge in [0.1, 0.15) is 11.6 Å². The number of ether oxygens (including phenoxy) is 2. The Kier molecular flexibility index (Phi) is 8.86. The smallest absolute Gasteiger partial charge is 0.269 e. The number of benzene rings is 2. The number of anilines is 1. The number of nitrogens with zero attached hydrogens (tertiary/aromatic N) is 2. The summed E-state index contributed by atoms with van der Waals surface area (Å²) >= 11 is 0. The fourth-order valence-electron chi connectivity index (χ4n) is 2.66. The van der Waals surface area contributed by atoms with E-state index >= 15 is 0 Å². The Morgan fingerprint density at radius 1 is 1.13 bits per heavy atom. The molecule has 9 nitrogen and oxygen atoms in total. The van der Waals surface area contributed by atoms with Gasteiger partial charge in [-0.25, -0.2) is 0 Å². The molecule has 0 fully saturated rings. The molecule has 162 valence electrons. The van der Waals surface area contributed by atoms with Gasteiger partial charge >= 0.3 is 0 Å². The van der Waals surface area contributed by atoms with E-state index < -0.39 is 10.8 Å². The first kappa shape index (κ1) is 23.2. The number of amides is 1. The fourth-order valence-corrected chi connectivity index (χ4v) is 2.66. The minimum atomic E-state index is -0.608. The van der Waals surface area contributed by atoms with E-state index in [0.717, 1.165) is 5.56 Å². The SMILES string of the molecule is CCOc1ccc(CCN/C=C(/C#N)C(=O)Nc2ccc([N+](=O)[O-])cc2)cc1OCC. The van der Waals surface area contributed by atoms with Crippen molar-refractivity contribution in [3.05, 3.63) is 69.9 Å². The zero-order valence-electron chi connectivity index (χ0n) is 17.4. The van der Waals surface area contributed by atoms with Crippen LogP contribution in [0.25, 0.3) is 0 Å². The summed E-state index contributed by atoms with van der Waals surface area (Å²) in [5, 5.41) is 25.4. The number of rotatable bonds is 11. The summed E-state index contributed by atoms with van der Waals surface area (Å²) in [5.74, 6) is 0.761. The van der Waals surface area contributed by atoms with Gasteiger partial charge in [0.2, 0.25) is 0 Å². The van der Waals surface area contributed by atoms with Crippen molar-refractivity contribution in [1.29, 1.82) is 5.26 Å². The maximum Gasteiger partial charge on any atom is 0.269 e. The van der Waals surface area contributed by atoms with Gasteiger partial charge in [0.05, 0.1) is 18.1 Å². The van der Waals surface area contributed by atoms with Crippen molar-refractivity contribution in [2.75, 3.05) is 25.1 Å². The molecule has 9 heteroatoms. The van der Waals surface area contributed by atoms with Crippen molar-refractivity contribution < 1.29 is 19.2 Å². The van der Waals surface area contributed by atoms with E-state index in [-0.39, 0.29) is 11.3 Å². The van der Waals surface area contributed by atoms with Crippen molar-refractivity contribution in [2.45, 2.75) is 20.3 Å². The molecule has 2 N–H and O–H groups in total. The van der Waals surface area contributed by atoms with Crippen molar-refractivity contribution in [1.82, 2.24) is 5.32 Å². The lowest BCUT2D eigenvalue weighted by atomic mass is 10.1. The molecule has 0 radical (unpaired) electrons. The molecule has 0 aliphatic heterocycles. The highest BCUT2D eigenvalue weighted by Crippen LogP contribution is 2.28. The van der Waals surface area contributed by atoms with Crippen LogP contribution in [-0.2, 0) is 11.2 Å². The summed E-state index contributed by atoms with van der Waals surface area (Å²) in [6.45, 7) is 5.38. The summed E-state index contributed by atoms with van der Waals surface area (Å²) < 4.78 is 11.2. The van der Waals surface area contributed by atoms with E-state index in [1.54, 1.807) is 0 Å². The average Bonchev–Trinajstić information content (AvgIpc) is 2.76. The van der Waals surface area contributed by atoms with E-state index in [9.17, 15) is 20.2 Å². The van der Waals surface area contributed by atoms with Gasteiger partial charge in [-0.3, -0.25) is 14.9 Å². The summed E-state index contributed by atoms with van der Waals surface area (Å²) in [6, 6.07) is 12.9. The summed E-state index contributed by atoms with van der Waals surface area (Å²) in [6.07, 6.45) is 1.99. The fraction of sp³-hybridized carbons (Fsp3) is 0.273. The molecule has 0 unspecified atom stereocenters. The highest BCUT2D eigenvalue weighted by atomic mass is 16.6. The first-order chi connectivity index (χ1) is 15.0. The Balaban J connectivity index is 1.92. The topological polar surface area (TPSA) is 127 Å². The third-order valence-corrected chi connectivity index (χ3v) is 4.11. The van der Waals surface area contributed by atoms with Gasteiger partial charge < -0.3 is 20.1 Å². The van der Waals surface area contributed by atoms with Crippen LogP contribution in [0.4, 0.5) is 11.4 Å². The van der Waals surface area contributed by atoms with Gasteiger partial charge in [-0.2, -0.15) is 5.26 Å². The number of nitriles is 1. The standard InChI is InChI=1S/C22H24N4O5/c1-3-30-20-10-5-16(13-21(20)31-4-2)11-12-24-15-17(14-23)22(27)25-18-6-8-19(9-7-18)26(28)29/h5-10,13,15,24H,3-4,11-12H2,1-2H3,(H,25,27)/b17-15-. The third-order valence-electron chi connectivity index (χ3n) is 4.11. The van der Waals surface area contributed by atoms with Gasteiger partial charge in [-0.15, -0.1) is 0 Å². The van der Waals surface area contributed by atoms with E-state index in [4.69, 9.17) is 9.47 Å². The highest BCUT2D eigenvalue weighted by Gasteiger charge is 2.11. The van der Waals surface area contributed by atoms with Crippen LogP contribution in [0.2, 0.25) is 0 Å². The molecule has 0 aliphatic rings. The monoisotopic (exact) mass is 424 g/mol. The molecule has 0 aromatic heterocycles. The second-order valence-corrected chi connectivity index (χ2v) is 6.28. The second kappa shape index (κ2) is 11.8. The predicted octanol–water partition coefficient (Wildman–Crippen LogP) is 3.57. The lowest BCUT2D eigenvalue weighted by Gasteiger charge is -2.12. The average molecular weight is 424 g/mol. The molecule has 2 rings (SSSR count). The van der Waals surface area contributed by atoms with Crippen LogP contribution < -0.4 is 20.1 Å².